The van der Waals surface area contributed by atoms with Gasteiger partial charge in [0.2, 0.25) is 0 Å². The minimum Gasteiger partial charge on any atom is -0.496 e. The van der Waals surface area contributed by atoms with Gasteiger partial charge in [-0.1, -0.05) is 23.7 Å². The normalized spacial score (nSPS) is 10.2. The Kier molecular flexibility index (Phi) is 3.60. The average molecular weight is 347 g/mol. The first-order valence-electron chi connectivity index (χ1n) is 4.54. The summed E-state index contributed by atoms with van der Waals surface area (Å²) in [5.41, 5.74) is 0.836. The minimum atomic E-state index is 0.455. The molecule has 0 saturated heterocycles. The Morgan fingerprint density at radius 1 is 1.31 bits per heavy atom. The van der Waals surface area contributed by atoms with Crippen molar-refractivity contribution in [2.75, 3.05) is 7.11 Å². The van der Waals surface area contributed by atoms with Gasteiger partial charge >= 0.3 is 0 Å². The summed E-state index contributed by atoms with van der Waals surface area (Å²) in [5, 5.41) is 0.455. The van der Waals surface area contributed by atoms with Gasteiger partial charge in [-0.15, -0.1) is 0 Å². The van der Waals surface area contributed by atoms with Crippen LogP contribution in [-0.2, 0) is 0 Å². The number of nitrogens with zero attached hydrogens (tertiary/aromatic N) is 2. The van der Waals surface area contributed by atoms with E-state index in [9.17, 15) is 0 Å². The molecule has 0 aliphatic heterocycles. The lowest BCUT2D eigenvalue weighted by molar-refractivity contribution is 0.416. The minimum absolute atomic E-state index is 0.455. The third-order valence-corrected chi connectivity index (χ3v) is 3.45. The molecule has 0 fully saturated rings. The standard InChI is InChI=1S/C11H8ClIN2O/c1-16-9-5-3-2-4-7(9)11-14-6-8(13)10(12)15-11/h2-6H,1H3. The number of para-hydroxylation sites is 1. The van der Waals surface area contributed by atoms with Gasteiger partial charge in [-0.05, 0) is 34.7 Å². The molecule has 0 spiro atoms. The van der Waals surface area contributed by atoms with Crippen LogP contribution in [0, 0.1) is 3.57 Å². The van der Waals surface area contributed by atoms with Gasteiger partial charge in [0, 0.05) is 6.20 Å². The first kappa shape index (κ1) is 11.6. The second-order valence-electron chi connectivity index (χ2n) is 3.03. The third-order valence-electron chi connectivity index (χ3n) is 2.05. The third kappa shape index (κ3) is 2.27. The molecule has 82 valence electrons. The summed E-state index contributed by atoms with van der Waals surface area (Å²) in [7, 11) is 1.62. The van der Waals surface area contributed by atoms with Gasteiger partial charge < -0.3 is 4.74 Å². The van der Waals surface area contributed by atoms with E-state index < -0.39 is 0 Å². The Morgan fingerprint density at radius 3 is 2.75 bits per heavy atom. The van der Waals surface area contributed by atoms with Gasteiger partial charge in [-0.3, -0.25) is 0 Å². The number of aromatic nitrogens is 2. The molecule has 16 heavy (non-hydrogen) atoms. The van der Waals surface area contributed by atoms with Crippen molar-refractivity contribution in [1.29, 1.82) is 0 Å². The molecule has 1 aromatic heterocycles. The van der Waals surface area contributed by atoms with Gasteiger partial charge in [-0.2, -0.15) is 0 Å². The molecule has 2 aromatic rings. The van der Waals surface area contributed by atoms with E-state index in [1.807, 2.05) is 24.3 Å². The Morgan fingerprint density at radius 2 is 2.06 bits per heavy atom. The second-order valence-corrected chi connectivity index (χ2v) is 4.55. The van der Waals surface area contributed by atoms with Crippen molar-refractivity contribution < 1.29 is 4.74 Å². The number of hydrogen-bond acceptors (Lipinski definition) is 3. The largest absolute Gasteiger partial charge is 0.496 e. The van der Waals surface area contributed by atoms with Gasteiger partial charge in [0.05, 0.1) is 16.2 Å². The van der Waals surface area contributed by atoms with Crippen LogP contribution in [0.2, 0.25) is 5.15 Å². The number of ether oxygens (including phenoxy) is 1. The fourth-order valence-corrected chi connectivity index (χ4v) is 1.69. The Bertz CT molecular complexity index is 519. The topological polar surface area (TPSA) is 35.0 Å². The Labute approximate surface area is 112 Å². The van der Waals surface area contributed by atoms with Crippen LogP contribution in [0.3, 0.4) is 0 Å². The molecule has 0 saturated carbocycles. The van der Waals surface area contributed by atoms with Gasteiger partial charge in [0.15, 0.2) is 5.82 Å². The number of rotatable bonds is 2. The lowest BCUT2D eigenvalue weighted by Crippen LogP contribution is -1.94. The first-order valence-corrected chi connectivity index (χ1v) is 5.99. The number of benzene rings is 1. The predicted molar refractivity (Wildman–Crippen MR) is 71.7 cm³/mol. The molecule has 5 heteroatoms. The maximum absolute atomic E-state index is 5.96. The highest BCUT2D eigenvalue weighted by Crippen LogP contribution is 2.28. The molecule has 0 N–H and O–H groups in total. The van der Waals surface area contributed by atoms with Crippen molar-refractivity contribution >= 4 is 34.2 Å². The molecule has 0 aliphatic rings. The molecule has 0 amide bonds. The van der Waals surface area contributed by atoms with E-state index in [1.165, 1.54) is 0 Å². The monoisotopic (exact) mass is 346 g/mol. The molecule has 0 unspecified atom stereocenters. The van der Waals surface area contributed by atoms with E-state index in [1.54, 1.807) is 13.3 Å². The molecule has 1 heterocycles. The van der Waals surface area contributed by atoms with Crippen LogP contribution in [0.5, 0.6) is 5.75 Å². The van der Waals surface area contributed by atoms with Crippen LogP contribution in [0.4, 0.5) is 0 Å². The van der Waals surface area contributed by atoms with E-state index >= 15 is 0 Å². The quantitative estimate of drug-likeness (QED) is 0.617. The zero-order valence-corrected chi connectivity index (χ0v) is 11.4. The van der Waals surface area contributed by atoms with E-state index in [4.69, 9.17) is 16.3 Å². The maximum Gasteiger partial charge on any atom is 0.164 e. The van der Waals surface area contributed by atoms with E-state index in [2.05, 4.69) is 32.6 Å². The zero-order valence-electron chi connectivity index (χ0n) is 8.45. The average Bonchev–Trinajstić information content (AvgIpc) is 2.32. The SMILES string of the molecule is COc1ccccc1-c1ncc(I)c(Cl)n1. The molecule has 1 aromatic carbocycles. The van der Waals surface area contributed by atoms with Crippen LogP contribution in [-0.4, -0.2) is 17.1 Å². The lowest BCUT2D eigenvalue weighted by Gasteiger charge is -2.06. The van der Waals surface area contributed by atoms with Crippen LogP contribution in [0.15, 0.2) is 30.5 Å². The molecule has 0 aliphatic carbocycles. The molecular formula is C11H8ClIN2O. The maximum atomic E-state index is 5.96. The van der Waals surface area contributed by atoms with Crippen molar-refractivity contribution in [2.24, 2.45) is 0 Å². The number of methoxy groups -OCH3 is 1. The summed E-state index contributed by atoms with van der Waals surface area (Å²) in [6, 6.07) is 7.58. The van der Waals surface area contributed by atoms with Crippen LogP contribution < -0.4 is 4.74 Å². The zero-order chi connectivity index (χ0) is 11.5. The van der Waals surface area contributed by atoms with Crippen molar-refractivity contribution in [3.8, 4) is 17.1 Å². The highest BCUT2D eigenvalue weighted by atomic mass is 127. The van der Waals surface area contributed by atoms with Crippen LogP contribution >= 0.6 is 34.2 Å². The van der Waals surface area contributed by atoms with Gasteiger partial charge in [0.25, 0.3) is 0 Å². The van der Waals surface area contributed by atoms with Crippen LogP contribution in [0.1, 0.15) is 0 Å². The number of halogens is 2. The summed E-state index contributed by atoms with van der Waals surface area (Å²) in [6.07, 6.45) is 1.69. The fraction of sp³-hybridized carbons (Fsp3) is 0.0909. The fourth-order valence-electron chi connectivity index (χ4n) is 1.31. The van der Waals surface area contributed by atoms with Crippen molar-refractivity contribution in [3.05, 3.63) is 39.2 Å². The van der Waals surface area contributed by atoms with Crippen molar-refractivity contribution in [1.82, 2.24) is 9.97 Å². The van der Waals surface area contributed by atoms with E-state index in [0.29, 0.717) is 11.0 Å². The summed E-state index contributed by atoms with van der Waals surface area (Å²) in [6.45, 7) is 0. The Hall–Kier alpha value is -0.880. The first-order chi connectivity index (χ1) is 7.72. The molecule has 3 nitrogen and oxygen atoms in total. The van der Waals surface area contributed by atoms with Crippen molar-refractivity contribution in [2.45, 2.75) is 0 Å². The van der Waals surface area contributed by atoms with Gasteiger partial charge in [-0.25, -0.2) is 9.97 Å². The van der Waals surface area contributed by atoms with Gasteiger partial charge in [0.1, 0.15) is 10.9 Å². The highest BCUT2D eigenvalue weighted by Gasteiger charge is 2.09. The summed E-state index contributed by atoms with van der Waals surface area (Å²) >= 11 is 8.05. The molecule has 0 atom stereocenters. The molecule has 0 bridgehead atoms. The summed E-state index contributed by atoms with van der Waals surface area (Å²) in [5.74, 6) is 1.31. The smallest absolute Gasteiger partial charge is 0.164 e. The van der Waals surface area contributed by atoms with E-state index in [-0.39, 0.29) is 0 Å². The summed E-state index contributed by atoms with van der Waals surface area (Å²) < 4.78 is 6.08. The molecule has 2 rings (SSSR count). The number of hydrogen-bond donors (Lipinski definition) is 0. The predicted octanol–water partition coefficient (Wildman–Crippen LogP) is 3.41. The Balaban J connectivity index is 2.54. The lowest BCUT2D eigenvalue weighted by atomic mass is 10.2. The van der Waals surface area contributed by atoms with Crippen LogP contribution in [0.25, 0.3) is 11.4 Å². The molecular weight excluding hydrogens is 338 g/mol. The summed E-state index contributed by atoms with van der Waals surface area (Å²) in [4.78, 5) is 8.45. The second kappa shape index (κ2) is 4.97. The highest BCUT2D eigenvalue weighted by molar-refractivity contribution is 14.1. The van der Waals surface area contributed by atoms with E-state index in [0.717, 1.165) is 14.9 Å². The van der Waals surface area contributed by atoms with Crippen molar-refractivity contribution in [3.63, 3.8) is 0 Å². The molecule has 0 radical (unpaired) electrons.